The molecule has 0 fully saturated rings. The Labute approximate surface area is 179 Å². The zero-order valence-electron chi connectivity index (χ0n) is 17.8. The van der Waals surface area contributed by atoms with Gasteiger partial charge in [-0.15, -0.1) is 0 Å². The highest BCUT2D eigenvalue weighted by atomic mass is 16.2. The molecule has 0 aromatic carbocycles. The van der Waals surface area contributed by atoms with E-state index in [0.29, 0.717) is 29.8 Å². The van der Waals surface area contributed by atoms with Crippen molar-refractivity contribution in [2.45, 2.75) is 13.8 Å². The molecule has 158 valence electrons. The number of urea groups is 1. The van der Waals surface area contributed by atoms with Crippen LogP contribution in [0.25, 0.3) is 28.3 Å². The van der Waals surface area contributed by atoms with E-state index in [9.17, 15) is 4.79 Å². The third kappa shape index (κ3) is 4.27. The maximum atomic E-state index is 11.9. The topological polar surface area (TPSA) is 113 Å². The highest BCUT2D eigenvalue weighted by Gasteiger charge is 2.15. The molecule has 0 spiro atoms. The first-order valence-electron chi connectivity index (χ1n) is 9.82. The summed E-state index contributed by atoms with van der Waals surface area (Å²) in [5.74, 6) is 1.61. The van der Waals surface area contributed by atoms with Gasteiger partial charge in [0.15, 0.2) is 11.6 Å². The first-order valence-corrected chi connectivity index (χ1v) is 9.82. The van der Waals surface area contributed by atoms with Gasteiger partial charge in [-0.25, -0.2) is 29.7 Å². The number of rotatable bonds is 5. The van der Waals surface area contributed by atoms with Gasteiger partial charge >= 0.3 is 6.03 Å². The van der Waals surface area contributed by atoms with Crippen LogP contribution >= 0.6 is 0 Å². The van der Waals surface area contributed by atoms with Gasteiger partial charge in [0.2, 0.25) is 5.95 Å². The minimum Gasteiger partial charge on any atom is -0.347 e. The molecule has 4 rings (SSSR count). The summed E-state index contributed by atoms with van der Waals surface area (Å²) in [4.78, 5) is 36.2. The standard InChI is InChI=1S/C21H23N9O/c1-5-22-21(31)28-17-12-30-16(19-23-7-6-13(2)26-19)8-14(9-18(30)27-17)15-10-24-20(25-11-15)29(3)4/h6-12H,5H2,1-4H3,(H2,22,28,31). The summed E-state index contributed by atoms with van der Waals surface area (Å²) in [6.45, 7) is 4.29. The van der Waals surface area contributed by atoms with E-state index in [1.807, 2.05) is 55.4 Å². The first kappa shape index (κ1) is 20.2. The Morgan fingerprint density at radius 1 is 1.10 bits per heavy atom. The van der Waals surface area contributed by atoms with Crippen molar-refractivity contribution in [1.82, 2.24) is 34.6 Å². The van der Waals surface area contributed by atoms with E-state index in [4.69, 9.17) is 0 Å². The molecule has 0 radical (unpaired) electrons. The van der Waals surface area contributed by atoms with E-state index >= 15 is 0 Å². The van der Waals surface area contributed by atoms with Gasteiger partial charge in [-0.3, -0.25) is 9.72 Å². The molecule has 0 unspecified atom stereocenters. The van der Waals surface area contributed by atoms with E-state index < -0.39 is 0 Å². The third-order valence-corrected chi connectivity index (χ3v) is 4.54. The van der Waals surface area contributed by atoms with Crippen molar-refractivity contribution < 1.29 is 4.79 Å². The molecule has 0 aliphatic heterocycles. The van der Waals surface area contributed by atoms with Gasteiger partial charge in [-0.2, -0.15) is 0 Å². The molecule has 4 aromatic heterocycles. The summed E-state index contributed by atoms with van der Waals surface area (Å²) in [6.07, 6.45) is 7.01. The van der Waals surface area contributed by atoms with Crippen LogP contribution in [0.2, 0.25) is 0 Å². The van der Waals surface area contributed by atoms with Crippen LogP contribution in [0.1, 0.15) is 12.6 Å². The minimum atomic E-state index is -0.313. The Morgan fingerprint density at radius 2 is 1.87 bits per heavy atom. The van der Waals surface area contributed by atoms with Crippen molar-refractivity contribution in [2.24, 2.45) is 0 Å². The number of aromatic nitrogens is 6. The fraction of sp³-hybridized carbons (Fsp3) is 0.238. The lowest BCUT2D eigenvalue weighted by Gasteiger charge is -2.11. The lowest BCUT2D eigenvalue weighted by Crippen LogP contribution is -2.28. The highest BCUT2D eigenvalue weighted by Crippen LogP contribution is 2.28. The second-order valence-corrected chi connectivity index (χ2v) is 7.16. The number of hydrogen-bond acceptors (Lipinski definition) is 7. The van der Waals surface area contributed by atoms with Gasteiger partial charge in [-0.05, 0) is 37.6 Å². The van der Waals surface area contributed by atoms with Crippen LogP contribution in [-0.4, -0.2) is 56.0 Å². The van der Waals surface area contributed by atoms with Crippen molar-refractivity contribution in [3.63, 3.8) is 0 Å². The molecule has 0 saturated heterocycles. The SMILES string of the molecule is CCNC(=O)Nc1cn2c(-c3nccc(C)n3)cc(-c3cnc(N(C)C)nc3)cc2n1. The number of pyridine rings is 1. The lowest BCUT2D eigenvalue weighted by molar-refractivity contribution is 0.252. The quantitative estimate of drug-likeness (QED) is 0.513. The smallest absolute Gasteiger partial charge is 0.320 e. The van der Waals surface area contributed by atoms with Crippen LogP contribution in [0.4, 0.5) is 16.6 Å². The second kappa shape index (κ2) is 8.34. The number of nitrogens with zero attached hydrogens (tertiary/aromatic N) is 7. The predicted octanol–water partition coefficient (Wildman–Crippen LogP) is 2.76. The molecular weight excluding hydrogens is 394 g/mol. The molecule has 10 nitrogen and oxygen atoms in total. The van der Waals surface area contributed by atoms with E-state index in [0.717, 1.165) is 22.5 Å². The summed E-state index contributed by atoms with van der Waals surface area (Å²) in [5, 5.41) is 5.45. The zero-order valence-corrected chi connectivity index (χ0v) is 17.8. The van der Waals surface area contributed by atoms with Gasteiger partial charge in [0, 0.05) is 50.5 Å². The predicted molar refractivity (Wildman–Crippen MR) is 119 cm³/mol. The average Bonchev–Trinajstić information content (AvgIpc) is 3.15. The fourth-order valence-electron chi connectivity index (χ4n) is 3.08. The number of carbonyl (C=O) groups is 1. The van der Waals surface area contributed by atoms with Crippen LogP contribution in [0.3, 0.4) is 0 Å². The van der Waals surface area contributed by atoms with Gasteiger partial charge < -0.3 is 10.2 Å². The van der Waals surface area contributed by atoms with Gasteiger partial charge in [0.25, 0.3) is 0 Å². The number of carbonyl (C=O) groups excluding carboxylic acids is 1. The van der Waals surface area contributed by atoms with Crippen molar-refractivity contribution in [2.75, 3.05) is 30.9 Å². The molecule has 0 aliphatic carbocycles. The van der Waals surface area contributed by atoms with Crippen LogP contribution in [0.5, 0.6) is 0 Å². The summed E-state index contributed by atoms with van der Waals surface area (Å²) in [7, 11) is 3.78. The van der Waals surface area contributed by atoms with Gasteiger partial charge in [0.05, 0.1) is 11.9 Å². The van der Waals surface area contributed by atoms with Gasteiger partial charge in [-0.1, -0.05) is 0 Å². The van der Waals surface area contributed by atoms with E-state index in [1.54, 1.807) is 24.8 Å². The molecule has 10 heteroatoms. The molecule has 31 heavy (non-hydrogen) atoms. The molecule has 4 heterocycles. The minimum absolute atomic E-state index is 0.313. The van der Waals surface area contributed by atoms with E-state index in [2.05, 4.69) is 35.6 Å². The van der Waals surface area contributed by atoms with Crippen molar-refractivity contribution in [1.29, 1.82) is 0 Å². The maximum absolute atomic E-state index is 11.9. The number of imidazole rings is 1. The van der Waals surface area contributed by atoms with Gasteiger partial charge in [0.1, 0.15) is 5.65 Å². The van der Waals surface area contributed by atoms with Crippen molar-refractivity contribution in [3.05, 3.63) is 48.7 Å². The van der Waals surface area contributed by atoms with Crippen molar-refractivity contribution in [3.8, 4) is 22.6 Å². The number of anilines is 2. The summed E-state index contributed by atoms with van der Waals surface area (Å²) in [6, 6.07) is 5.41. The van der Waals surface area contributed by atoms with Crippen molar-refractivity contribution >= 4 is 23.4 Å². The fourth-order valence-corrected chi connectivity index (χ4v) is 3.08. The first-order chi connectivity index (χ1) is 14.9. The molecule has 0 atom stereocenters. The normalized spacial score (nSPS) is 10.8. The molecule has 0 aliphatic rings. The molecular formula is C21H23N9O. The largest absolute Gasteiger partial charge is 0.347 e. The molecule has 2 amide bonds. The Bertz CT molecular complexity index is 1230. The summed E-state index contributed by atoms with van der Waals surface area (Å²) < 4.78 is 1.86. The number of aryl methyl sites for hydroxylation is 1. The second-order valence-electron chi connectivity index (χ2n) is 7.16. The average molecular weight is 417 g/mol. The Kier molecular flexibility index (Phi) is 5.44. The highest BCUT2D eigenvalue weighted by molar-refractivity contribution is 5.88. The third-order valence-electron chi connectivity index (χ3n) is 4.54. The Hall–Kier alpha value is -4.08. The number of amides is 2. The summed E-state index contributed by atoms with van der Waals surface area (Å²) >= 11 is 0. The zero-order chi connectivity index (χ0) is 22.0. The monoisotopic (exact) mass is 417 g/mol. The van der Waals surface area contributed by atoms with E-state index in [1.165, 1.54) is 0 Å². The number of hydrogen-bond donors (Lipinski definition) is 2. The number of fused-ring (bicyclic) bond motifs is 1. The summed E-state index contributed by atoms with van der Waals surface area (Å²) in [5.41, 5.74) is 3.93. The van der Waals surface area contributed by atoms with E-state index in [-0.39, 0.29) is 6.03 Å². The Morgan fingerprint density at radius 3 is 2.55 bits per heavy atom. The Balaban J connectivity index is 1.85. The maximum Gasteiger partial charge on any atom is 0.320 e. The molecule has 0 bridgehead atoms. The molecule has 0 saturated carbocycles. The van der Waals surface area contributed by atoms with Crippen LogP contribution in [-0.2, 0) is 0 Å². The number of nitrogens with one attached hydrogen (secondary N) is 2. The molecule has 4 aromatic rings. The van der Waals surface area contributed by atoms with Crippen LogP contribution in [0.15, 0.2) is 43.0 Å². The van der Waals surface area contributed by atoms with Crippen LogP contribution in [0, 0.1) is 6.92 Å². The molecule has 2 N–H and O–H groups in total. The van der Waals surface area contributed by atoms with Crippen LogP contribution < -0.4 is 15.5 Å². The lowest BCUT2D eigenvalue weighted by atomic mass is 10.1.